The van der Waals surface area contributed by atoms with E-state index < -0.39 is 30.6 Å². The number of hydrogen-bond acceptors (Lipinski definition) is 6. The fourth-order valence-corrected chi connectivity index (χ4v) is 2.91. The zero-order valence-corrected chi connectivity index (χ0v) is 14.8. The predicted octanol–water partition coefficient (Wildman–Crippen LogP) is 0.697. The second-order valence-electron chi connectivity index (χ2n) is 6.40. The number of unbranched alkanes of at least 4 members (excludes halogenated alkanes) is 5. The minimum Gasteiger partial charge on any atom is -0.396 e. The highest BCUT2D eigenvalue weighted by molar-refractivity contribution is 5.73. The van der Waals surface area contributed by atoms with E-state index in [1.807, 2.05) is 0 Å². The molecule has 0 aromatic heterocycles. The molecule has 0 aromatic rings. The lowest BCUT2D eigenvalue weighted by Gasteiger charge is -2.42. The number of amides is 1. The Bertz CT molecular complexity index is 354. The third-order valence-electron chi connectivity index (χ3n) is 4.26. The van der Waals surface area contributed by atoms with Crippen molar-refractivity contribution in [2.45, 2.75) is 89.4 Å². The summed E-state index contributed by atoms with van der Waals surface area (Å²) in [5, 5.41) is 32.0. The van der Waals surface area contributed by atoms with E-state index in [-0.39, 0.29) is 18.9 Å². The number of hydrogen-bond donors (Lipinski definition) is 4. The van der Waals surface area contributed by atoms with Crippen molar-refractivity contribution in [3.8, 4) is 0 Å². The summed E-state index contributed by atoms with van der Waals surface area (Å²) in [6.07, 6.45) is 3.02. The summed E-state index contributed by atoms with van der Waals surface area (Å²) < 4.78 is 11.4. The van der Waals surface area contributed by atoms with Gasteiger partial charge in [-0.05, 0) is 12.8 Å². The van der Waals surface area contributed by atoms with Gasteiger partial charge in [-0.1, -0.05) is 39.0 Å². The van der Waals surface area contributed by atoms with Crippen molar-refractivity contribution < 1.29 is 29.6 Å². The Morgan fingerprint density at radius 3 is 2.42 bits per heavy atom. The Labute approximate surface area is 144 Å². The largest absolute Gasteiger partial charge is 0.396 e. The molecule has 1 heterocycles. The first-order valence-corrected chi connectivity index (χ1v) is 9.02. The summed E-state index contributed by atoms with van der Waals surface area (Å²) in [6.45, 7) is 3.81. The molecule has 1 rings (SSSR count). The Morgan fingerprint density at radius 1 is 1.12 bits per heavy atom. The zero-order chi connectivity index (χ0) is 17.9. The van der Waals surface area contributed by atoms with Gasteiger partial charge >= 0.3 is 0 Å². The maximum Gasteiger partial charge on any atom is 0.217 e. The number of aliphatic hydroxyl groups excluding tert-OH is 3. The van der Waals surface area contributed by atoms with Crippen molar-refractivity contribution in [2.75, 3.05) is 13.2 Å². The minimum absolute atomic E-state index is 0.163. The molecule has 142 valence electrons. The van der Waals surface area contributed by atoms with Gasteiger partial charge in [0.2, 0.25) is 5.91 Å². The SMILES string of the molecule is CCCCCCCCO[C@@H]1O[C@H](CCO)[C@@H](O)[C@H](O)[C@H]1NC(C)=O. The van der Waals surface area contributed by atoms with Crippen LogP contribution in [0, 0.1) is 0 Å². The fourth-order valence-electron chi connectivity index (χ4n) is 2.91. The summed E-state index contributed by atoms with van der Waals surface area (Å²) in [7, 11) is 0. The van der Waals surface area contributed by atoms with Crippen molar-refractivity contribution >= 4 is 5.91 Å². The first-order chi connectivity index (χ1) is 11.5. The van der Waals surface area contributed by atoms with Crippen LogP contribution in [0.1, 0.15) is 58.8 Å². The minimum atomic E-state index is -1.20. The van der Waals surface area contributed by atoms with Crippen LogP contribution in [0.4, 0.5) is 0 Å². The summed E-state index contributed by atoms with van der Waals surface area (Å²) in [5.41, 5.74) is 0. The average molecular weight is 347 g/mol. The number of carbonyl (C=O) groups is 1. The number of rotatable bonds is 11. The first-order valence-electron chi connectivity index (χ1n) is 9.02. The van der Waals surface area contributed by atoms with Crippen molar-refractivity contribution in [1.29, 1.82) is 0 Å². The van der Waals surface area contributed by atoms with E-state index >= 15 is 0 Å². The van der Waals surface area contributed by atoms with Crippen molar-refractivity contribution in [3.63, 3.8) is 0 Å². The van der Waals surface area contributed by atoms with Crippen LogP contribution >= 0.6 is 0 Å². The first kappa shape index (κ1) is 21.3. The molecule has 24 heavy (non-hydrogen) atoms. The van der Waals surface area contributed by atoms with Gasteiger partial charge in [-0.3, -0.25) is 4.79 Å². The van der Waals surface area contributed by atoms with Gasteiger partial charge in [0.05, 0.1) is 6.10 Å². The number of nitrogens with one attached hydrogen (secondary N) is 1. The third-order valence-corrected chi connectivity index (χ3v) is 4.26. The highest BCUT2D eigenvalue weighted by Crippen LogP contribution is 2.24. The van der Waals surface area contributed by atoms with Crippen LogP contribution in [0.15, 0.2) is 0 Å². The van der Waals surface area contributed by atoms with Crippen LogP contribution in [0.25, 0.3) is 0 Å². The number of ether oxygens (including phenoxy) is 2. The Morgan fingerprint density at radius 2 is 1.79 bits per heavy atom. The van der Waals surface area contributed by atoms with Crippen molar-refractivity contribution in [1.82, 2.24) is 5.32 Å². The molecule has 1 amide bonds. The van der Waals surface area contributed by atoms with Crippen molar-refractivity contribution in [2.24, 2.45) is 0 Å². The highest BCUT2D eigenvalue weighted by Gasteiger charge is 2.45. The molecule has 0 bridgehead atoms. The van der Waals surface area contributed by atoms with E-state index in [1.165, 1.54) is 26.2 Å². The van der Waals surface area contributed by atoms with Crippen LogP contribution in [0.2, 0.25) is 0 Å². The van der Waals surface area contributed by atoms with Crippen LogP contribution < -0.4 is 5.32 Å². The maximum absolute atomic E-state index is 11.3. The Hall–Kier alpha value is -0.730. The molecule has 1 fully saturated rings. The Kier molecular flexibility index (Phi) is 10.4. The van der Waals surface area contributed by atoms with Crippen LogP contribution in [0.5, 0.6) is 0 Å². The Balaban J connectivity index is 2.49. The molecule has 1 saturated heterocycles. The molecule has 0 unspecified atom stereocenters. The van der Waals surface area contributed by atoms with Gasteiger partial charge in [0, 0.05) is 20.1 Å². The predicted molar refractivity (Wildman–Crippen MR) is 89.3 cm³/mol. The summed E-state index contributed by atoms with van der Waals surface area (Å²) in [5.74, 6) is -0.330. The molecule has 0 aliphatic carbocycles. The molecule has 0 radical (unpaired) electrons. The lowest BCUT2D eigenvalue weighted by molar-refractivity contribution is -0.266. The van der Waals surface area contributed by atoms with Gasteiger partial charge in [-0.25, -0.2) is 0 Å². The van der Waals surface area contributed by atoms with Gasteiger partial charge in [-0.15, -0.1) is 0 Å². The molecule has 1 aliphatic rings. The standard InChI is InChI=1S/C17H33NO6/c1-3-4-5-6-7-8-11-23-17-14(18-12(2)20)16(22)15(21)13(24-17)9-10-19/h13-17,19,21-22H,3-11H2,1-2H3,(H,18,20)/t13-,14-,15-,16-,17-/m1/s1. The topological polar surface area (TPSA) is 108 Å². The van der Waals surface area contributed by atoms with Gasteiger partial charge in [0.1, 0.15) is 18.2 Å². The molecule has 0 saturated carbocycles. The average Bonchev–Trinajstić information content (AvgIpc) is 2.54. The van der Waals surface area contributed by atoms with Gasteiger partial charge in [0.15, 0.2) is 6.29 Å². The van der Waals surface area contributed by atoms with Crippen LogP contribution in [-0.2, 0) is 14.3 Å². The molecule has 7 heteroatoms. The molecule has 1 aliphatic heterocycles. The van der Waals surface area contributed by atoms with E-state index in [0.29, 0.717) is 6.61 Å². The molecular weight excluding hydrogens is 314 g/mol. The molecular formula is C17H33NO6. The number of carbonyl (C=O) groups excluding carboxylic acids is 1. The van der Waals surface area contributed by atoms with E-state index in [0.717, 1.165) is 19.3 Å². The van der Waals surface area contributed by atoms with Crippen LogP contribution in [0.3, 0.4) is 0 Å². The lowest BCUT2D eigenvalue weighted by Crippen LogP contribution is -2.64. The van der Waals surface area contributed by atoms with E-state index in [2.05, 4.69) is 12.2 Å². The third kappa shape index (κ3) is 7.03. The van der Waals surface area contributed by atoms with E-state index in [1.54, 1.807) is 0 Å². The second-order valence-corrected chi connectivity index (χ2v) is 6.40. The molecule has 7 nitrogen and oxygen atoms in total. The summed E-state index contributed by atoms with van der Waals surface area (Å²) in [4.78, 5) is 11.3. The van der Waals surface area contributed by atoms with Crippen LogP contribution in [-0.4, -0.2) is 65.1 Å². The highest BCUT2D eigenvalue weighted by atomic mass is 16.7. The van der Waals surface area contributed by atoms with Crippen molar-refractivity contribution in [3.05, 3.63) is 0 Å². The normalized spacial score (nSPS) is 30.3. The molecule has 0 spiro atoms. The molecule has 5 atom stereocenters. The van der Waals surface area contributed by atoms with Gasteiger partial charge < -0.3 is 30.1 Å². The summed E-state index contributed by atoms with van der Waals surface area (Å²) >= 11 is 0. The lowest BCUT2D eigenvalue weighted by atomic mass is 9.95. The summed E-state index contributed by atoms with van der Waals surface area (Å²) in [6, 6.07) is -0.826. The molecule has 0 aromatic carbocycles. The zero-order valence-electron chi connectivity index (χ0n) is 14.8. The van der Waals surface area contributed by atoms with E-state index in [9.17, 15) is 15.0 Å². The maximum atomic E-state index is 11.3. The van der Waals surface area contributed by atoms with E-state index in [4.69, 9.17) is 14.6 Å². The smallest absolute Gasteiger partial charge is 0.217 e. The number of aliphatic hydroxyl groups is 3. The van der Waals surface area contributed by atoms with Gasteiger partial charge in [0.25, 0.3) is 0 Å². The van der Waals surface area contributed by atoms with Gasteiger partial charge in [-0.2, -0.15) is 0 Å². The second kappa shape index (κ2) is 11.8. The molecule has 4 N–H and O–H groups in total. The monoisotopic (exact) mass is 347 g/mol. The quantitative estimate of drug-likeness (QED) is 0.410. The fraction of sp³-hybridized carbons (Fsp3) is 0.941.